The van der Waals surface area contributed by atoms with E-state index in [1.165, 1.54) is 25.0 Å². The summed E-state index contributed by atoms with van der Waals surface area (Å²) in [5.74, 6) is 0.973. The summed E-state index contributed by atoms with van der Waals surface area (Å²) in [4.78, 5) is 4.25. The number of hydrogen-bond donors (Lipinski definition) is 1. The maximum Gasteiger partial charge on any atom is 0.111 e. The zero-order chi connectivity index (χ0) is 10.8. The molecule has 4 nitrogen and oxygen atoms in total. The van der Waals surface area contributed by atoms with Crippen molar-refractivity contribution in [2.45, 2.75) is 31.9 Å². The Bertz CT molecular complexity index is 340. The minimum atomic E-state index is 0.190. The van der Waals surface area contributed by atoms with E-state index >= 15 is 0 Å². The lowest BCUT2D eigenvalue weighted by Gasteiger charge is -2.24. The van der Waals surface area contributed by atoms with Crippen LogP contribution in [0.4, 0.5) is 0 Å². The highest BCUT2D eigenvalue weighted by Gasteiger charge is 2.23. The smallest absolute Gasteiger partial charge is 0.111 e. The van der Waals surface area contributed by atoms with Crippen molar-refractivity contribution in [1.82, 2.24) is 14.9 Å². The third-order valence-electron chi connectivity index (χ3n) is 3.48. The van der Waals surface area contributed by atoms with Gasteiger partial charge in [-0.1, -0.05) is 12.8 Å². The van der Waals surface area contributed by atoms with Gasteiger partial charge in [-0.3, -0.25) is 0 Å². The van der Waals surface area contributed by atoms with Crippen molar-refractivity contribution in [3.63, 3.8) is 0 Å². The highest BCUT2D eigenvalue weighted by Crippen LogP contribution is 2.33. The van der Waals surface area contributed by atoms with E-state index in [2.05, 4.69) is 14.9 Å². The van der Waals surface area contributed by atoms with Crippen LogP contribution in [0.5, 0.6) is 0 Å². The first-order chi connectivity index (χ1) is 7.93. The van der Waals surface area contributed by atoms with Crippen molar-refractivity contribution in [2.75, 3.05) is 19.7 Å². The van der Waals surface area contributed by atoms with Gasteiger partial charge in [0.05, 0.1) is 24.8 Å². The lowest BCUT2D eigenvalue weighted by atomic mass is 10.2. The highest BCUT2D eigenvalue weighted by atomic mass is 16.5. The number of hydrogen-bond acceptors (Lipinski definition) is 3. The molecule has 1 saturated heterocycles. The van der Waals surface area contributed by atoms with Gasteiger partial charge in [0.2, 0.25) is 0 Å². The van der Waals surface area contributed by atoms with Gasteiger partial charge in [-0.2, -0.15) is 0 Å². The maximum atomic E-state index is 5.76. The van der Waals surface area contributed by atoms with Crippen LogP contribution in [0.1, 0.15) is 31.1 Å². The molecule has 0 amide bonds. The van der Waals surface area contributed by atoms with Crippen LogP contribution in [0.25, 0.3) is 0 Å². The van der Waals surface area contributed by atoms with Gasteiger partial charge in [0, 0.05) is 19.6 Å². The predicted octanol–water partition coefficient (Wildman–Crippen LogP) is 1.34. The standard InChI is InChI=1S/C12H19N3O/c1-2-10(1)3-5-15-9-14-7-11(15)12-8-13-4-6-16-12/h7,9-10,12-13H,1-6,8H2. The summed E-state index contributed by atoms with van der Waals surface area (Å²) in [6.07, 6.45) is 8.22. The monoisotopic (exact) mass is 221 g/mol. The van der Waals surface area contributed by atoms with Crippen molar-refractivity contribution in [2.24, 2.45) is 5.92 Å². The third kappa shape index (κ3) is 2.28. The molecule has 2 fully saturated rings. The van der Waals surface area contributed by atoms with E-state index in [1.54, 1.807) is 0 Å². The summed E-state index contributed by atoms with van der Waals surface area (Å²) in [6, 6.07) is 0. The first-order valence-corrected chi connectivity index (χ1v) is 6.26. The summed E-state index contributed by atoms with van der Waals surface area (Å²) in [5, 5.41) is 3.36. The number of rotatable bonds is 4. The fourth-order valence-electron chi connectivity index (χ4n) is 2.27. The molecular formula is C12H19N3O. The quantitative estimate of drug-likeness (QED) is 0.834. The third-order valence-corrected chi connectivity index (χ3v) is 3.48. The van der Waals surface area contributed by atoms with E-state index in [-0.39, 0.29) is 6.10 Å². The Morgan fingerprint density at radius 2 is 2.44 bits per heavy atom. The normalized spacial score (nSPS) is 25.9. The second kappa shape index (κ2) is 4.55. The minimum Gasteiger partial charge on any atom is -0.369 e. The van der Waals surface area contributed by atoms with Crippen molar-refractivity contribution >= 4 is 0 Å². The molecule has 1 aliphatic heterocycles. The Hall–Kier alpha value is -0.870. The van der Waals surface area contributed by atoms with Crippen LogP contribution < -0.4 is 5.32 Å². The molecule has 16 heavy (non-hydrogen) atoms. The Balaban J connectivity index is 1.65. The van der Waals surface area contributed by atoms with Gasteiger partial charge in [-0.05, 0) is 12.3 Å². The lowest BCUT2D eigenvalue weighted by molar-refractivity contribution is 0.0227. The molecule has 1 unspecified atom stereocenters. The largest absolute Gasteiger partial charge is 0.369 e. The van der Waals surface area contributed by atoms with Crippen LogP contribution in [-0.4, -0.2) is 29.2 Å². The van der Waals surface area contributed by atoms with Gasteiger partial charge in [-0.15, -0.1) is 0 Å². The molecule has 1 aliphatic carbocycles. The van der Waals surface area contributed by atoms with Gasteiger partial charge in [-0.25, -0.2) is 4.98 Å². The molecule has 3 rings (SSSR count). The number of aromatic nitrogens is 2. The molecule has 1 atom stereocenters. The lowest BCUT2D eigenvalue weighted by Crippen LogP contribution is -2.34. The van der Waals surface area contributed by atoms with Crippen LogP contribution in [0, 0.1) is 5.92 Å². The van der Waals surface area contributed by atoms with Crippen molar-refractivity contribution in [3.05, 3.63) is 18.2 Å². The molecule has 1 aromatic heterocycles. The number of nitrogens with zero attached hydrogens (tertiary/aromatic N) is 2. The first kappa shape index (κ1) is 10.3. The average molecular weight is 221 g/mol. The SMILES string of the molecule is c1ncn(CCC2CC2)c1C1CNCCO1. The van der Waals surface area contributed by atoms with Crippen molar-refractivity contribution in [1.29, 1.82) is 0 Å². The van der Waals surface area contributed by atoms with Gasteiger partial charge in [0.15, 0.2) is 0 Å². The number of nitrogens with one attached hydrogen (secondary N) is 1. The van der Waals surface area contributed by atoms with Crippen LogP contribution >= 0.6 is 0 Å². The number of ether oxygens (including phenoxy) is 1. The van der Waals surface area contributed by atoms with E-state index in [4.69, 9.17) is 4.74 Å². The highest BCUT2D eigenvalue weighted by molar-refractivity contribution is 5.04. The van der Waals surface area contributed by atoms with Crippen LogP contribution in [-0.2, 0) is 11.3 Å². The van der Waals surface area contributed by atoms with E-state index in [1.807, 2.05) is 12.5 Å². The molecule has 2 heterocycles. The molecule has 1 aromatic rings. The predicted molar refractivity (Wildman–Crippen MR) is 61.1 cm³/mol. The van der Waals surface area contributed by atoms with Gasteiger partial charge >= 0.3 is 0 Å². The Morgan fingerprint density at radius 1 is 1.50 bits per heavy atom. The maximum absolute atomic E-state index is 5.76. The van der Waals surface area contributed by atoms with E-state index in [0.717, 1.165) is 32.2 Å². The zero-order valence-electron chi connectivity index (χ0n) is 9.56. The minimum absolute atomic E-state index is 0.190. The first-order valence-electron chi connectivity index (χ1n) is 6.26. The molecule has 1 N–H and O–H groups in total. The Kier molecular flexibility index (Phi) is 2.93. The summed E-state index contributed by atoms with van der Waals surface area (Å²) in [5.41, 5.74) is 1.23. The van der Waals surface area contributed by atoms with Crippen LogP contribution in [0.3, 0.4) is 0 Å². The molecule has 0 bridgehead atoms. The molecule has 4 heteroatoms. The second-order valence-corrected chi connectivity index (χ2v) is 4.81. The number of morpholine rings is 1. The number of aryl methyl sites for hydroxylation is 1. The second-order valence-electron chi connectivity index (χ2n) is 4.81. The zero-order valence-corrected chi connectivity index (χ0v) is 9.56. The average Bonchev–Trinajstić information content (AvgIpc) is 3.05. The summed E-state index contributed by atoms with van der Waals surface area (Å²) in [6.45, 7) is 3.78. The molecule has 0 radical (unpaired) electrons. The van der Waals surface area contributed by atoms with E-state index in [0.29, 0.717) is 0 Å². The van der Waals surface area contributed by atoms with Crippen LogP contribution in [0.2, 0.25) is 0 Å². The van der Waals surface area contributed by atoms with Gasteiger partial charge in [0.25, 0.3) is 0 Å². The molecule has 1 saturated carbocycles. The molecule has 0 aromatic carbocycles. The Morgan fingerprint density at radius 3 is 3.19 bits per heavy atom. The van der Waals surface area contributed by atoms with Crippen LogP contribution in [0.15, 0.2) is 12.5 Å². The Labute approximate surface area is 96.0 Å². The molecular weight excluding hydrogens is 202 g/mol. The van der Waals surface area contributed by atoms with Crippen molar-refractivity contribution in [3.8, 4) is 0 Å². The van der Waals surface area contributed by atoms with E-state index < -0.39 is 0 Å². The fraction of sp³-hybridized carbons (Fsp3) is 0.750. The van der Waals surface area contributed by atoms with Crippen molar-refractivity contribution < 1.29 is 4.74 Å². The summed E-state index contributed by atoms with van der Waals surface area (Å²) in [7, 11) is 0. The van der Waals surface area contributed by atoms with E-state index in [9.17, 15) is 0 Å². The van der Waals surface area contributed by atoms with Gasteiger partial charge in [0.1, 0.15) is 6.10 Å². The van der Waals surface area contributed by atoms with Gasteiger partial charge < -0.3 is 14.6 Å². The summed E-state index contributed by atoms with van der Waals surface area (Å²) < 4.78 is 8.02. The molecule has 88 valence electrons. The fourth-order valence-corrected chi connectivity index (χ4v) is 2.27. The summed E-state index contributed by atoms with van der Waals surface area (Å²) >= 11 is 0. The number of imidazole rings is 1. The molecule has 0 spiro atoms. The topological polar surface area (TPSA) is 39.1 Å². The molecule has 2 aliphatic rings.